The van der Waals surface area contributed by atoms with Crippen molar-refractivity contribution in [1.29, 1.82) is 0 Å². The molecule has 0 bridgehead atoms. The number of halogens is 1. The molecule has 0 heterocycles. The Kier molecular flexibility index (Phi) is 6.88. The summed E-state index contributed by atoms with van der Waals surface area (Å²) in [5.41, 5.74) is 1.58. The average molecular weight is 423 g/mol. The molecule has 0 aliphatic carbocycles. The number of benzene rings is 3. The number of carbonyl (C=O) groups is 2. The van der Waals surface area contributed by atoms with Crippen LogP contribution in [0.2, 0.25) is 5.02 Å². The molecule has 3 rings (SSSR count). The fourth-order valence-electron chi connectivity index (χ4n) is 2.69. The summed E-state index contributed by atoms with van der Waals surface area (Å²) in [7, 11) is 3.01. The minimum absolute atomic E-state index is 0.153. The number of carbonyl (C=O) groups excluding carboxylic acids is 2. The van der Waals surface area contributed by atoms with Gasteiger partial charge in [0.15, 0.2) is 17.3 Å². The van der Waals surface area contributed by atoms with Gasteiger partial charge in [-0.25, -0.2) is 4.79 Å². The van der Waals surface area contributed by atoms with Gasteiger partial charge in [-0.1, -0.05) is 29.8 Å². The zero-order chi connectivity index (χ0) is 21.5. The molecule has 0 aromatic heterocycles. The average Bonchev–Trinajstić information content (AvgIpc) is 2.77. The van der Waals surface area contributed by atoms with Crippen molar-refractivity contribution < 1.29 is 23.8 Å². The first-order chi connectivity index (χ1) is 14.5. The Morgan fingerprint density at radius 1 is 0.833 bits per heavy atom. The second-order valence-corrected chi connectivity index (χ2v) is 6.67. The van der Waals surface area contributed by atoms with Crippen LogP contribution in [-0.2, 0) is 0 Å². The molecule has 5 nitrogen and oxygen atoms in total. The molecule has 0 aliphatic heterocycles. The summed E-state index contributed by atoms with van der Waals surface area (Å²) < 4.78 is 15.8. The van der Waals surface area contributed by atoms with E-state index in [2.05, 4.69) is 0 Å². The van der Waals surface area contributed by atoms with Crippen LogP contribution in [0.15, 0.2) is 72.8 Å². The van der Waals surface area contributed by atoms with E-state index in [1.165, 1.54) is 20.3 Å². The molecule has 152 valence electrons. The second kappa shape index (κ2) is 9.76. The lowest BCUT2D eigenvalue weighted by Gasteiger charge is -2.09. The maximum Gasteiger partial charge on any atom is 0.343 e. The quantitative estimate of drug-likeness (QED) is 0.218. The number of rotatable bonds is 7. The van der Waals surface area contributed by atoms with Gasteiger partial charge in [-0.3, -0.25) is 4.79 Å². The fourth-order valence-corrected chi connectivity index (χ4v) is 2.82. The van der Waals surface area contributed by atoms with Crippen LogP contribution in [0.5, 0.6) is 17.2 Å². The standard InChI is InChI=1S/C24H19ClO5/c1-28-22-13-9-18(15-23(22)29-2)24(27)30-20-5-3-4-16(14-20)6-12-21(26)17-7-10-19(25)11-8-17/h3-15H,1-2H3/b12-6+. The molecule has 0 amide bonds. The Morgan fingerprint density at radius 2 is 1.53 bits per heavy atom. The van der Waals surface area contributed by atoms with E-state index >= 15 is 0 Å². The summed E-state index contributed by atoms with van der Waals surface area (Å²) in [6.45, 7) is 0. The van der Waals surface area contributed by atoms with Gasteiger partial charge in [0.25, 0.3) is 0 Å². The number of esters is 1. The molecule has 0 aliphatic rings. The first-order valence-electron chi connectivity index (χ1n) is 9.02. The maximum atomic E-state index is 12.5. The fraction of sp³-hybridized carbons (Fsp3) is 0.0833. The zero-order valence-electron chi connectivity index (χ0n) is 16.4. The third-order valence-corrected chi connectivity index (χ3v) is 4.50. The van der Waals surface area contributed by atoms with Gasteiger partial charge in [0, 0.05) is 10.6 Å². The molecule has 30 heavy (non-hydrogen) atoms. The van der Waals surface area contributed by atoms with E-state index < -0.39 is 5.97 Å². The lowest BCUT2D eigenvalue weighted by molar-refractivity contribution is 0.0734. The Labute approximate surface area is 179 Å². The van der Waals surface area contributed by atoms with Crippen molar-refractivity contribution >= 4 is 29.4 Å². The maximum absolute atomic E-state index is 12.5. The third kappa shape index (κ3) is 5.27. The van der Waals surface area contributed by atoms with Crippen molar-refractivity contribution in [2.45, 2.75) is 0 Å². The highest BCUT2D eigenvalue weighted by atomic mass is 35.5. The Bertz CT molecular complexity index is 1090. The van der Waals surface area contributed by atoms with Crippen molar-refractivity contribution in [3.8, 4) is 17.2 Å². The van der Waals surface area contributed by atoms with Gasteiger partial charge >= 0.3 is 5.97 Å². The molecule has 0 saturated heterocycles. The predicted molar refractivity (Wildman–Crippen MR) is 116 cm³/mol. The molecule has 0 fully saturated rings. The van der Waals surface area contributed by atoms with Crippen molar-refractivity contribution in [2.75, 3.05) is 14.2 Å². The third-order valence-electron chi connectivity index (χ3n) is 4.24. The van der Waals surface area contributed by atoms with Gasteiger partial charge in [-0.2, -0.15) is 0 Å². The van der Waals surface area contributed by atoms with Crippen LogP contribution in [0.3, 0.4) is 0 Å². The highest BCUT2D eigenvalue weighted by molar-refractivity contribution is 6.30. The Balaban J connectivity index is 1.71. The number of allylic oxidation sites excluding steroid dienone is 1. The zero-order valence-corrected chi connectivity index (χ0v) is 17.2. The van der Waals surface area contributed by atoms with E-state index in [-0.39, 0.29) is 5.78 Å². The predicted octanol–water partition coefficient (Wildman–Crippen LogP) is 5.47. The van der Waals surface area contributed by atoms with Gasteiger partial charge in [-0.05, 0) is 66.2 Å². The summed E-state index contributed by atoms with van der Waals surface area (Å²) in [6.07, 6.45) is 3.11. The molecule has 0 atom stereocenters. The van der Waals surface area contributed by atoms with Crippen LogP contribution in [0.4, 0.5) is 0 Å². The van der Waals surface area contributed by atoms with Gasteiger partial charge in [0.1, 0.15) is 5.75 Å². The van der Waals surface area contributed by atoms with E-state index in [4.69, 9.17) is 25.8 Å². The summed E-state index contributed by atoms with van der Waals surface area (Å²) in [6, 6.07) is 18.3. The molecular weight excluding hydrogens is 404 g/mol. The van der Waals surface area contributed by atoms with Crippen molar-refractivity contribution in [3.63, 3.8) is 0 Å². The lowest BCUT2D eigenvalue weighted by Crippen LogP contribution is -2.09. The highest BCUT2D eigenvalue weighted by Gasteiger charge is 2.13. The molecular formula is C24H19ClO5. The van der Waals surface area contributed by atoms with Crippen molar-refractivity contribution in [2.24, 2.45) is 0 Å². The van der Waals surface area contributed by atoms with E-state index in [1.54, 1.807) is 72.8 Å². The van der Waals surface area contributed by atoms with Gasteiger partial charge in [0.05, 0.1) is 19.8 Å². The summed E-state index contributed by atoms with van der Waals surface area (Å²) in [5.74, 6) is 0.625. The van der Waals surface area contributed by atoms with E-state index in [0.29, 0.717) is 33.4 Å². The molecule has 0 radical (unpaired) electrons. The molecule has 0 saturated carbocycles. The molecule has 3 aromatic rings. The minimum atomic E-state index is -0.533. The second-order valence-electron chi connectivity index (χ2n) is 6.24. The number of methoxy groups -OCH3 is 2. The number of ketones is 1. The number of ether oxygens (including phenoxy) is 3. The Morgan fingerprint density at radius 3 is 2.23 bits per heavy atom. The van der Waals surface area contributed by atoms with Crippen LogP contribution in [0, 0.1) is 0 Å². The van der Waals surface area contributed by atoms with Gasteiger partial charge in [-0.15, -0.1) is 0 Å². The highest BCUT2D eigenvalue weighted by Crippen LogP contribution is 2.28. The van der Waals surface area contributed by atoms with Crippen molar-refractivity contribution in [1.82, 2.24) is 0 Å². The molecule has 0 N–H and O–H groups in total. The normalized spacial score (nSPS) is 10.6. The van der Waals surface area contributed by atoms with Crippen molar-refractivity contribution in [3.05, 3.63) is 94.5 Å². The topological polar surface area (TPSA) is 61.8 Å². The first-order valence-corrected chi connectivity index (χ1v) is 9.40. The monoisotopic (exact) mass is 422 g/mol. The molecule has 3 aromatic carbocycles. The number of hydrogen-bond acceptors (Lipinski definition) is 5. The van der Waals surface area contributed by atoms with Crippen LogP contribution in [0.1, 0.15) is 26.3 Å². The van der Waals surface area contributed by atoms with Crippen LogP contribution in [-0.4, -0.2) is 26.0 Å². The van der Waals surface area contributed by atoms with Crippen LogP contribution >= 0.6 is 11.6 Å². The summed E-state index contributed by atoms with van der Waals surface area (Å²) in [4.78, 5) is 24.7. The summed E-state index contributed by atoms with van der Waals surface area (Å²) in [5, 5.41) is 0.569. The number of hydrogen-bond donors (Lipinski definition) is 0. The van der Waals surface area contributed by atoms with Crippen LogP contribution in [0.25, 0.3) is 6.08 Å². The van der Waals surface area contributed by atoms with E-state index in [1.807, 2.05) is 0 Å². The lowest BCUT2D eigenvalue weighted by atomic mass is 10.1. The van der Waals surface area contributed by atoms with Crippen LogP contribution < -0.4 is 14.2 Å². The van der Waals surface area contributed by atoms with E-state index in [9.17, 15) is 9.59 Å². The molecule has 6 heteroatoms. The van der Waals surface area contributed by atoms with Gasteiger partial charge in [0.2, 0.25) is 0 Å². The SMILES string of the molecule is COc1ccc(C(=O)Oc2cccc(/C=C/C(=O)c3ccc(Cl)cc3)c2)cc1OC. The molecule has 0 spiro atoms. The van der Waals surface area contributed by atoms with Gasteiger partial charge < -0.3 is 14.2 Å². The minimum Gasteiger partial charge on any atom is -0.493 e. The smallest absolute Gasteiger partial charge is 0.343 e. The summed E-state index contributed by atoms with van der Waals surface area (Å²) >= 11 is 5.84. The Hall–Kier alpha value is -3.57. The van der Waals surface area contributed by atoms with E-state index in [0.717, 1.165) is 5.56 Å². The molecule has 0 unspecified atom stereocenters. The largest absolute Gasteiger partial charge is 0.493 e. The first kappa shape index (κ1) is 21.1.